The lowest BCUT2D eigenvalue weighted by Crippen LogP contribution is -2.24. The van der Waals surface area contributed by atoms with Crippen molar-refractivity contribution in [2.24, 2.45) is 0 Å². The number of benzene rings is 1. The van der Waals surface area contributed by atoms with Crippen LogP contribution in [0.3, 0.4) is 0 Å². The summed E-state index contributed by atoms with van der Waals surface area (Å²) in [6.07, 6.45) is 0. The second-order valence-electron chi connectivity index (χ2n) is 4.55. The van der Waals surface area contributed by atoms with E-state index in [9.17, 15) is 4.79 Å². The van der Waals surface area contributed by atoms with Crippen LogP contribution in [-0.2, 0) is 6.54 Å². The van der Waals surface area contributed by atoms with Crippen molar-refractivity contribution in [1.29, 1.82) is 0 Å². The Morgan fingerprint density at radius 1 is 1.27 bits per heavy atom. The zero-order chi connectivity index (χ0) is 15.5. The van der Waals surface area contributed by atoms with Crippen LogP contribution in [0.2, 0.25) is 0 Å². The van der Waals surface area contributed by atoms with Crippen LogP contribution in [0.1, 0.15) is 0 Å². The third-order valence-electron chi connectivity index (χ3n) is 3.23. The molecule has 0 fully saturated rings. The summed E-state index contributed by atoms with van der Waals surface area (Å²) in [5, 5.41) is 1.87. The quantitative estimate of drug-likeness (QED) is 0.728. The highest BCUT2D eigenvalue weighted by Crippen LogP contribution is 2.25. The van der Waals surface area contributed by atoms with Crippen LogP contribution >= 0.6 is 23.6 Å². The highest BCUT2D eigenvalue weighted by molar-refractivity contribution is 7.71. The maximum Gasteiger partial charge on any atom is 0.272 e. The summed E-state index contributed by atoms with van der Waals surface area (Å²) >= 11 is 6.64. The van der Waals surface area contributed by atoms with Gasteiger partial charge in [0, 0.05) is 0 Å². The van der Waals surface area contributed by atoms with E-state index < -0.39 is 0 Å². The molecule has 3 aromatic rings. The van der Waals surface area contributed by atoms with Crippen molar-refractivity contribution in [2.75, 3.05) is 13.7 Å². The Labute approximate surface area is 135 Å². The minimum Gasteiger partial charge on any atom is -0.493 e. The van der Waals surface area contributed by atoms with Gasteiger partial charge in [0.15, 0.2) is 16.3 Å². The van der Waals surface area contributed by atoms with E-state index in [1.165, 1.54) is 15.9 Å². The lowest BCUT2D eigenvalue weighted by Gasteiger charge is -2.11. The van der Waals surface area contributed by atoms with E-state index in [-0.39, 0.29) is 5.56 Å². The lowest BCUT2D eigenvalue weighted by atomic mass is 10.3. The van der Waals surface area contributed by atoms with Crippen LogP contribution in [-0.4, -0.2) is 23.3 Å². The number of methoxy groups -OCH3 is 1. The average molecular weight is 334 g/mol. The number of thiophene rings is 1. The standard InChI is InChI=1S/C15H14N2O3S2/c1-19-11-4-2-3-5-12(11)20-8-7-17-14(18)13-10(6-9-22-13)16-15(17)21/h2-6,9H,7-8H2,1H3,(H,16,21). The van der Waals surface area contributed by atoms with Crippen LogP contribution in [0.5, 0.6) is 11.5 Å². The van der Waals surface area contributed by atoms with Gasteiger partial charge in [-0.3, -0.25) is 9.36 Å². The largest absolute Gasteiger partial charge is 0.493 e. The smallest absolute Gasteiger partial charge is 0.272 e. The number of fused-ring (bicyclic) bond motifs is 1. The molecule has 2 aromatic heterocycles. The number of ether oxygens (including phenoxy) is 2. The first kappa shape index (κ1) is 14.8. The third-order valence-corrected chi connectivity index (χ3v) is 4.46. The Morgan fingerprint density at radius 2 is 2.05 bits per heavy atom. The van der Waals surface area contributed by atoms with E-state index in [0.717, 1.165) is 5.52 Å². The molecule has 2 heterocycles. The van der Waals surface area contributed by atoms with Crippen LogP contribution in [0.25, 0.3) is 10.2 Å². The second kappa shape index (κ2) is 6.33. The molecule has 0 aliphatic rings. The molecule has 0 unspecified atom stereocenters. The first-order valence-corrected chi connectivity index (χ1v) is 7.95. The molecule has 1 aromatic carbocycles. The molecule has 3 rings (SSSR count). The van der Waals surface area contributed by atoms with Gasteiger partial charge in [0.2, 0.25) is 0 Å². The first-order valence-electron chi connectivity index (χ1n) is 6.67. The predicted molar refractivity (Wildman–Crippen MR) is 89.8 cm³/mol. The molecule has 7 heteroatoms. The molecule has 0 aliphatic carbocycles. The molecule has 0 amide bonds. The molecule has 0 saturated heterocycles. The fraction of sp³-hybridized carbons (Fsp3) is 0.200. The number of nitrogens with one attached hydrogen (secondary N) is 1. The molecular weight excluding hydrogens is 320 g/mol. The number of aromatic nitrogens is 2. The minimum absolute atomic E-state index is 0.0858. The number of para-hydroxylation sites is 2. The summed E-state index contributed by atoms with van der Waals surface area (Å²) in [6.45, 7) is 0.703. The zero-order valence-corrected chi connectivity index (χ0v) is 13.5. The van der Waals surface area contributed by atoms with Gasteiger partial charge in [-0.2, -0.15) is 0 Å². The van der Waals surface area contributed by atoms with Gasteiger partial charge in [0.05, 0.1) is 19.2 Å². The molecule has 0 aliphatic heterocycles. The van der Waals surface area contributed by atoms with Gasteiger partial charge >= 0.3 is 0 Å². The van der Waals surface area contributed by atoms with Crippen LogP contribution in [0.15, 0.2) is 40.5 Å². The zero-order valence-electron chi connectivity index (χ0n) is 11.9. The topological polar surface area (TPSA) is 56.2 Å². The summed E-state index contributed by atoms with van der Waals surface area (Å²) < 4.78 is 13.5. The summed E-state index contributed by atoms with van der Waals surface area (Å²) in [7, 11) is 1.59. The van der Waals surface area contributed by atoms with E-state index in [2.05, 4.69) is 4.98 Å². The Morgan fingerprint density at radius 3 is 2.82 bits per heavy atom. The van der Waals surface area contributed by atoms with Crippen molar-refractivity contribution in [2.45, 2.75) is 6.54 Å². The van der Waals surface area contributed by atoms with E-state index in [4.69, 9.17) is 21.7 Å². The molecule has 114 valence electrons. The van der Waals surface area contributed by atoms with E-state index >= 15 is 0 Å². The molecular formula is C15H14N2O3S2. The highest BCUT2D eigenvalue weighted by atomic mass is 32.1. The molecule has 1 N–H and O–H groups in total. The molecule has 0 bridgehead atoms. The molecule has 22 heavy (non-hydrogen) atoms. The van der Waals surface area contributed by atoms with Gasteiger partial charge in [-0.05, 0) is 35.8 Å². The van der Waals surface area contributed by atoms with Crippen molar-refractivity contribution in [1.82, 2.24) is 9.55 Å². The Balaban J connectivity index is 1.80. The Hall–Kier alpha value is -2.12. The van der Waals surface area contributed by atoms with Gasteiger partial charge in [-0.15, -0.1) is 11.3 Å². The van der Waals surface area contributed by atoms with E-state index in [1.807, 2.05) is 35.7 Å². The third kappa shape index (κ3) is 2.77. The maximum absolute atomic E-state index is 12.4. The van der Waals surface area contributed by atoms with Crippen molar-refractivity contribution < 1.29 is 9.47 Å². The maximum atomic E-state index is 12.4. The van der Waals surface area contributed by atoms with Crippen LogP contribution < -0.4 is 15.0 Å². The summed E-state index contributed by atoms with van der Waals surface area (Å²) in [5.74, 6) is 1.30. The fourth-order valence-electron chi connectivity index (χ4n) is 2.16. The van der Waals surface area contributed by atoms with E-state index in [1.54, 1.807) is 7.11 Å². The summed E-state index contributed by atoms with van der Waals surface area (Å²) in [4.78, 5) is 15.4. The Kier molecular flexibility index (Phi) is 4.26. The number of hydrogen-bond acceptors (Lipinski definition) is 5. The highest BCUT2D eigenvalue weighted by Gasteiger charge is 2.08. The number of rotatable bonds is 5. The number of H-pyrrole nitrogens is 1. The predicted octanol–water partition coefficient (Wildman–Crippen LogP) is 3.21. The van der Waals surface area contributed by atoms with Gasteiger partial charge in [-0.25, -0.2) is 0 Å². The first-order chi connectivity index (χ1) is 10.7. The molecule has 0 atom stereocenters. The van der Waals surface area contributed by atoms with Gasteiger partial charge in [-0.1, -0.05) is 12.1 Å². The van der Waals surface area contributed by atoms with Gasteiger partial charge in [0.25, 0.3) is 5.56 Å². The Bertz CT molecular complexity index is 911. The number of hydrogen-bond donors (Lipinski definition) is 1. The molecule has 0 radical (unpaired) electrons. The number of nitrogens with zero attached hydrogens (tertiary/aromatic N) is 1. The summed E-state index contributed by atoms with van der Waals surface area (Å²) in [6, 6.07) is 9.24. The monoisotopic (exact) mass is 334 g/mol. The van der Waals surface area contributed by atoms with Gasteiger partial charge < -0.3 is 14.5 Å². The average Bonchev–Trinajstić information content (AvgIpc) is 2.99. The van der Waals surface area contributed by atoms with Crippen LogP contribution in [0.4, 0.5) is 0 Å². The normalized spacial score (nSPS) is 10.8. The molecule has 0 saturated carbocycles. The van der Waals surface area contributed by atoms with Crippen LogP contribution in [0, 0.1) is 4.77 Å². The minimum atomic E-state index is -0.0858. The van der Waals surface area contributed by atoms with Crippen molar-refractivity contribution >= 4 is 33.8 Å². The van der Waals surface area contributed by atoms with Crippen molar-refractivity contribution in [3.05, 3.63) is 50.8 Å². The van der Waals surface area contributed by atoms with Crippen molar-refractivity contribution in [3.63, 3.8) is 0 Å². The van der Waals surface area contributed by atoms with Crippen molar-refractivity contribution in [3.8, 4) is 11.5 Å². The lowest BCUT2D eigenvalue weighted by molar-refractivity contribution is 0.277. The summed E-state index contributed by atoms with van der Waals surface area (Å²) in [5.41, 5.74) is 0.694. The SMILES string of the molecule is COc1ccccc1OCCn1c(=S)[nH]c2ccsc2c1=O. The number of aromatic amines is 1. The fourth-order valence-corrected chi connectivity index (χ4v) is 3.24. The van der Waals surface area contributed by atoms with E-state index in [0.29, 0.717) is 34.1 Å². The van der Waals surface area contributed by atoms with Gasteiger partial charge in [0.1, 0.15) is 11.3 Å². The molecule has 0 spiro atoms. The molecule has 5 nitrogen and oxygen atoms in total. The second-order valence-corrected chi connectivity index (χ2v) is 5.85.